The number of rotatable bonds is 9. The lowest BCUT2D eigenvalue weighted by Crippen LogP contribution is -2.35. The number of carbonyl (C=O) groups is 4. The fourth-order valence-electron chi connectivity index (χ4n) is 4.33. The van der Waals surface area contributed by atoms with E-state index in [2.05, 4.69) is 5.32 Å². The van der Waals surface area contributed by atoms with Crippen molar-refractivity contribution in [1.82, 2.24) is 4.90 Å². The van der Waals surface area contributed by atoms with Crippen molar-refractivity contribution < 1.29 is 24.3 Å². The number of nitrogens with one attached hydrogen (secondary N) is 1. The van der Waals surface area contributed by atoms with Gasteiger partial charge in [-0.3, -0.25) is 29.0 Å². The second kappa shape index (κ2) is 11.3. The van der Waals surface area contributed by atoms with Crippen LogP contribution in [0.1, 0.15) is 42.4 Å². The highest BCUT2D eigenvalue weighted by Crippen LogP contribution is 2.44. The largest absolute Gasteiger partial charge is 0.481 e. The predicted octanol–water partition coefficient (Wildman–Crippen LogP) is 4.51. The number of hydrogen-bond acceptors (Lipinski definition) is 6. The summed E-state index contributed by atoms with van der Waals surface area (Å²) >= 11 is 6.52. The van der Waals surface area contributed by atoms with Crippen LogP contribution < -0.4 is 10.2 Å². The molecular weight excluding hydrogens is 510 g/mol. The zero-order valence-corrected chi connectivity index (χ0v) is 22.2. The third kappa shape index (κ3) is 5.75. The van der Waals surface area contributed by atoms with Crippen LogP contribution in [0.2, 0.25) is 0 Å². The Bertz CT molecular complexity index is 1340. The number of anilines is 2. The molecule has 37 heavy (non-hydrogen) atoms. The molecule has 0 unspecified atom stereocenters. The molecule has 2 aliphatic rings. The van der Waals surface area contributed by atoms with Crippen molar-refractivity contribution >= 4 is 68.9 Å². The number of carboxylic acid groups (broad SMARTS) is 1. The first kappa shape index (κ1) is 26.6. The number of carbonyl (C=O) groups excluding carboxylic acids is 3. The van der Waals surface area contributed by atoms with Gasteiger partial charge in [0.1, 0.15) is 10.9 Å². The number of benzene rings is 2. The first-order chi connectivity index (χ1) is 17.7. The Morgan fingerprint density at radius 3 is 2.51 bits per heavy atom. The van der Waals surface area contributed by atoms with Crippen LogP contribution in [0, 0.1) is 13.8 Å². The van der Waals surface area contributed by atoms with Crippen molar-refractivity contribution in [3.63, 3.8) is 0 Å². The average molecular weight is 538 g/mol. The number of nitrogens with zero attached hydrogens (tertiary/aromatic N) is 2. The summed E-state index contributed by atoms with van der Waals surface area (Å²) in [6, 6.07) is 12.9. The van der Waals surface area contributed by atoms with Crippen molar-refractivity contribution in [3.8, 4) is 0 Å². The molecule has 1 saturated heterocycles. The summed E-state index contributed by atoms with van der Waals surface area (Å²) in [5, 5.41) is 11.7. The highest BCUT2D eigenvalue weighted by atomic mass is 32.2. The van der Waals surface area contributed by atoms with E-state index >= 15 is 0 Å². The van der Waals surface area contributed by atoms with E-state index in [9.17, 15) is 19.2 Å². The smallest absolute Gasteiger partial charge is 0.303 e. The molecule has 0 aliphatic carbocycles. The molecule has 0 bridgehead atoms. The van der Waals surface area contributed by atoms with Gasteiger partial charge in [-0.25, -0.2) is 0 Å². The predicted molar refractivity (Wildman–Crippen MR) is 148 cm³/mol. The maximum absolute atomic E-state index is 13.6. The molecule has 2 heterocycles. The molecule has 3 amide bonds. The number of para-hydroxylation sites is 1. The highest BCUT2D eigenvalue weighted by molar-refractivity contribution is 8.26. The van der Waals surface area contributed by atoms with E-state index in [4.69, 9.17) is 17.3 Å². The third-order valence-corrected chi connectivity index (χ3v) is 7.69. The van der Waals surface area contributed by atoms with Crippen LogP contribution in [0.5, 0.6) is 0 Å². The maximum Gasteiger partial charge on any atom is 0.303 e. The number of thiocarbonyl (C=S) groups is 1. The summed E-state index contributed by atoms with van der Waals surface area (Å²) in [5.41, 5.74) is 4.02. The minimum Gasteiger partial charge on any atom is -0.481 e. The Balaban J connectivity index is 1.53. The molecule has 2 aromatic carbocycles. The Labute approximate surface area is 224 Å². The van der Waals surface area contributed by atoms with E-state index in [0.717, 1.165) is 22.9 Å². The Morgan fingerprint density at radius 2 is 1.76 bits per heavy atom. The summed E-state index contributed by atoms with van der Waals surface area (Å²) in [5.74, 6) is -1.94. The van der Waals surface area contributed by atoms with Crippen molar-refractivity contribution in [1.29, 1.82) is 0 Å². The van der Waals surface area contributed by atoms with E-state index in [-0.39, 0.29) is 35.3 Å². The molecule has 0 atom stereocenters. The minimum atomic E-state index is -0.846. The van der Waals surface area contributed by atoms with Crippen molar-refractivity contribution in [3.05, 3.63) is 64.1 Å². The molecule has 10 heteroatoms. The SMILES string of the molecule is Cc1ccc(C)c(NC(=O)CN2C(=O)C(=C3SC(=S)N(CCCCCC(=O)O)C3=O)c3ccccc32)c1. The summed E-state index contributed by atoms with van der Waals surface area (Å²) in [4.78, 5) is 53.6. The van der Waals surface area contributed by atoms with E-state index in [0.29, 0.717) is 47.1 Å². The number of unbranched alkanes of at least 4 members (excludes halogenated alkanes) is 2. The van der Waals surface area contributed by atoms with Crippen molar-refractivity contribution in [2.75, 3.05) is 23.3 Å². The molecule has 2 aromatic rings. The molecule has 0 radical (unpaired) electrons. The number of hydrogen-bond donors (Lipinski definition) is 2. The minimum absolute atomic E-state index is 0.0839. The number of aryl methyl sites for hydroxylation is 2. The van der Waals surface area contributed by atoms with Crippen LogP contribution in [0.25, 0.3) is 5.57 Å². The van der Waals surface area contributed by atoms with Gasteiger partial charge < -0.3 is 10.4 Å². The van der Waals surface area contributed by atoms with Gasteiger partial charge in [0.15, 0.2) is 0 Å². The summed E-state index contributed by atoms with van der Waals surface area (Å²) in [6.07, 6.45) is 1.87. The second-order valence-electron chi connectivity index (χ2n) is 9.01. The van der Waals surface area contributed by atoms with Crippen LogP contribution in [0.15, 0.2) is 47.4 Å². The first-order valence-electron chi connectivity index (χ1n) is 12.0. The average Bonchev–Trinajstić information content (AvgIpc) is 3.28. The van der Waals surface area contributed by atoms with E-state index in [1.807, 2.05) is 32.0 Å². The fraction of sp³-hybridized carbons (Fsp3) is 0.296. The third-order valence-electron chi connectivity index (χ3n) is 6.24. The monoisotopic (exact) mass is 537 g/mol. The fourth-order valence-corrected chi connectivity index (χ4v) is 5.71. The number of carboxylic acids is 1. The summed E-state index contributed by atoms with van der Waals surface area (Å²) < 4.78 is 0.363. The van der Waals surface area contributed by atoms with Gasteiger partial charge >= 0.3 is 5.97 Å². The van der Waals surface area contributed by atoms with E-state index < -0.39 is 11.9 Å². The number of amides is 3. The van der Waals surface area contributed by atoms with Gasteiger partial charge in [-0.1, -0.05) is 60.7 Å². The van der Waals surface area contributed by atoms with Gasteiger partial charge in [-0.15, -0.1) is 0 Å². The lowest BCUT2D eigenvalue weighted by atomic mass is 10.1. The quantitative estimate of drug-likeness (QED) is 0.275. The van der Waals surface area contributed by atoms with Crippen LogP contribution in [-0.2, 0) is 19.2 Å². The molecule has 2 aliphatic heterocycles. The zero-order valence-electron chi connectivity index (χ0n) is 20.6. The Kier molecular flexibility index (Phi) is 8.09. The lowest BCUT2D eigenvalue weighted by Gasteiger charge is -2.17. The normalized spacial score (nSPS) is 17.0. The van der Waals surface area contributed by atoms with Crippen LogP contribution >= 0.6 is 24.0 Å². The number of fused-ring (bicyclic) bond motifs is 1. The van der Waals surface area contributed by atoms with Gasteiger partial charge in [0.05, 0.1) is 16.2 Å². The molecule has 0 spiro atoms. The van der Waals surface area contributed by atoms with Gasteiger partial charge in [-0.05, 0) is 49.9 Å². The molecule has 2 N–H and O–H groups in total. The van der Waals surface area contributed by atoms with E-state index in [1.165, 1.54) is 9.80 Å². The van der Waals surface area contributed by atoms with Crippen LogP contribution in [-0.4, -0.2) is 51.1 Å². The highest BCUT2D eigenvalue weighted by Gasteiger charge is 2.42. The van der Waals surface area contributed by atoms with Gasteiger partial charge in [-0.2, -0.15) is 0 Å². The van der Waals surface area contributed by atoms with Gasteiger partial charge in [0, 0.05) is 24.2 Å². The summed E-state index contributed by atoms with van der Waals surface area (Å²) in [7, 11) is 0. The van der Waals surface area contributed by atoms with Gasteiger partial charge in [0.2, 0.25) is 5.91 Å². The molecule has 0 saturated carbocycles. The second-order valence-corrected chi connectivity index (χ2v) is 10.7. The van der Waals surface area contributed by atoms with Crippen molar-refractivity contribution in [2.24, 2.45) is 0 Å². The lowest BCUT2D eigenvalue weighted by molar-refractivity contribution is -0.137. The summed E-state index contributed by atoms with van der Waals surface area (Å²) in [6.45, 7) is 4.00. The molecular formula is C27H27N3O5S2. The van der Waals surface area contributed by atoms with Crippen molar-refractivity contribution in [2.45, 2.75) is 39.5 Å². The number of thioether (sulfide) groups is 1. The molecule has 1 fully saturated rings. The zero-order chi connectivity index (χ0) is 26.7. The topological polar surface area (TPSA) is 107 Å². The van der Waals surface area contributed by atoms with Crippen LogP contribution in [0.4, 0.5) is 11.4 Å². The van der Waals surface area contributed by atoms with Gasteiger partial charge in [0.25, 0.3) is 11.8 Å². The standard InChI is InChI=1S/C27H27N3O5S2/c1-16-11-12-17(2)19(14-16)28-21(31)15-30-20-9-6-5-8-18(20)23(25(30)34)24-26(35)29(27(36)37-24)13-7-3-4-10-22(32)33/h5-6,8-9,11-12,14H,3-4,7,10,13,15H2,1-2H3,(H,28,31)(H,32,33). The Morgan fingerprint density at radius 1 is 1.00 bits per heavy atom. The maximum atomic E-state index is 13.6. The van der Waals surface area contributed by atoms with Crippen LogP contribution in [0.3, 0.4) is 0 Å². The molecule has 0 aromatic heterocycles. The Hall–Kier alpha value is -3.50. The molecule has 192 valence electrons. The number of aliphatic carboxylic acids is 1. The van der Waals surface area contributed by atoms with E-state index in [1.54, 1.807) is 24.3 Å². The molecule has 8 nitrogen and oxygen atoms in total. The molecule has 4 rings (SSSR count). The first-order valence-corrected chi connectivity index (χ1v) is 13.2.